The van der Waals surface area contributed by atoms with Gasteiger partial charge in [0.25, 0.3) is 0 Å². The van der Waals surface area contributed by atoms with Gasteiger partial charge in [0.1, 0.15) is 23.0 Å². The van der Waals surface area contributed by atoms with E-state index < -0.39 is 0 Å². The van der Waals surface area contributed by atoms with E-state index in [1.165, 1.54) is 27.6 Å². The third-order valence-corrected chi connectivity index (χ3v) is 10.3. The quantitative estimate of drug-likeness (QED) is 0.158. The van der Waals surface area contributed by atoms with Crippen LogP contribution >= 0.6 is 0 Å². The van der Waals surface area contributed by atoms with Gasteiger partial charge < -0.3 is 4.74 Å². The zero-order chi connectivity index (χ0) is 36.8. The molecule has 262 valence electrons. The van der Waals surface area contributed by atoms with Gasteiger partial charge in [-0.3, -0.25) is 4.57 Å². The maximum absolute atomic E-state index is 6.78. The number of hydrogen-bond donors (Lipinski definition) is 0. The summed E-state index contributed by atoms with van der Waals surface area (Å²) in [5.41, 5.74) is 14.3. The number of para-hydroxylation sites is 1. The van der Waals surface area contributed by atoms with E-state index >= 15 is 0 Å². The molecule has 3 aromatic heterocycles. The van der Waals surface area contributed by atoms with Crippen LogP contribution < -0.4 is 4.74 Å². The number of rotatable bonds is 8. The van der Waals surface area contributed by atoms with E-state index in [0.717, 1.165) is 79.5 Å². The molecule has 0 N–H and O–H groups in total. The van der Waals surface area contributed by atoms with E-state index in [1.807, 2.05) is 6.20 Å². The lowest BCUT2D eigenvalue weighted by molar-refractivity contribution is 0.482. The van der Waals surface area contributed by atoms with Crippen LogP contribution in [0.25, 0.3) is 67.0 Å². The summed E-state index contributed by atoms with van der Waals surface area (Å²) in [7, 11) is 0. The van der Waals surface area contributed by atoms with Crippen molar-refractivity contribution < 1.29 is 4.74 Å². The lowest BCUT2D eigenvalue weighted by atomic mass is 9.90. The van der Waals surface area contributed by atoms with Crippen molar-refractivity contribution in [2.75, 3.05) is 0 Å². The molecule has 0 saturated heterocycles. The van der Waals surface area contributed by atoms with Gasteiger partial charge in [-0.1, -0.05) is 104 Å². The highest BCUT2D eigenvalue weighted by molar-refractivity contribution is 6.09. The Labute approximate surface area is 315 Å². The normalized spacial score (nSPS) is 11.4. The van der Waals surface area contributed by atoms with Gasteiger partial charge in [-0.2, -0.15) is 5.10 Å². The molecule has 0 spiro atoms. The number of aromatic nitrogens is 4. The molecule has 0 atom stereocenters. The molecule has 54 heavy (non-hydrogen) atoms. The minimum absolute atomic E-state index is 0.738. The number of aryl methyl sites for hydroxylation is 4. The standard InChI is InChI=1S/C49H40N4O/c1-5-35-25-26-50-45(29-35)52-43-22-13-12-21-41(43)42-24-23-39(31-44(42)52)54-40-28-32(2)27-38(30-40)53-49(37-19-10-7-11-20-37)47(46-33(3)15-14-16-34(46)4)48(51-53)36-17-8-6-9-18-36/h6-31H,5H2,1-4H3. The highest BCUT2D eigenvalue weighted by Crippen LogP contribution is 2.44. The van der Waals surface area contributed by atoms with Crippen molar-refractivity contribution in [2.45, 2.75) is 34.1 Å². The number of fused-ring (bicyclic) bond motifs is 3. The molecule has 9 rings (SSSR count). The number of benzene rings is 6. The van der Waals surface area contributed by atoms with Crippen LogP contribution in [0.4, 0.5) is 0 Å². The van der Waals surface area contributed by atoms with Crippen molar-refractivity contribution in [3.8, 4) is 56.6 Å². The lowest BCUT2D eigenvalue weighted by Gasteiger charge is -2.16. The third-order valence-electron chi connectivity index (χ3n) is 10.3. The summed E-state index contributed by atoms with van der Waals surface area (Å²) in [6.45, 7) is 8.66. The molecule has 0 saturated carbocycles. The van der Waals surface area contributed by atoms with Crippen LogP contribution in [0.3, 0.4) is 0 Å². The molecule has 5 nitrogen and oxygen atoms in total. The van der Waals surface area contributed by atoms with Crippen LogP contribution in [0, 0.1) is 20.8 Å². The Kier molecular flexibility index (Phi) is 8.40. The first-order valence-electron chi connectivity index (χ1n) is 18.6. The van der Waals surface area contributed by atoms with E-state index in [0.29, 0.717) is 0 Å². The van der Waals surface area contributed by atoms with Crippen LogP contribution in [0.2, 0.25) is 0 Å². The molecular weight excluding hydrogens is 661 g/mol. The maximum Gasteiger partial charge on any atom is 0.137 e. The van der Waals surface area contributed by atoms with Gasteiger partial charge in [0.2, 0.25) is 0 Å². The van der Waals surface area contributed by atoms with Crippen LogP contribution in [0.5, 0.6) is 11.5 Å². The highest BCUT2D eigenvalue weighted by atomic mass is 16.5. The second-order valence-corrected chi connectivity index (χ2v) is 14.0. The van der Waals surface area contributed by atoms with Gasteiger partial charge in [-0.25, -0.2) is 9.67 Å². The molecule has 3 heterocycles. The number of hydrogen-bond acceptors (Lipinski definition) is 3. The molecule has 0 bridgehead atoms. The molecule has 0 radical (unpaired) electrons. The highest BCUT2D eigenvalue weighted by Gasteiger charge is 2.25. The first kappa shape index (κ1) is 33.1. The Morgan fingerprint density at radius 1 is 0.574 bits per heavy atom. The third kappa shape index (κ3) is 5.84. The average molecular weight is 701 g/mol. The Hall–Kier alpha value is -6.72. The second-order valence-electron chi connectivity index (χ2n) is 14.0. The van der Waals surface area contributed by atoms with E-state index in [9.17, 15) is 0 Å². The molecule has 0 fully saturated rings. The second kappa shape index (κ2) is 13.7. The summed E-state index contributed by atoms with van der Waals surface area (Å²) in [6.07, 6.45) is 2.84. The Bertz CT molecular complexity index is 2790. The largest absolute Gasteiger partial charge is 0.457 e. The molecule has 0 unspecified atom stereocenters. The number of pyridine rings is 1. The fraction of sp³-hybridized carbons (Fsp3) is 0.102. The Morgan fingerprint density at radius 3 is 2.04 bits per heavy atom. The van der Waals surface area contributed by atoms with Crippen LogP contribution in [-0.2, 0) is 6.42 Å². The first-order valence-corrected chi connectivity index (χ1v) is 18.6. The van der Waals surface area contributed by atoms with Gasteiger partial charge in [0.05, 0.1) is 22.4 Å². The van der Waals surface area contributed by atoms with Crippen molar-refractivity contribution in [1.29, 1.82) is 0 Å². The van der Waals surface area contributed by atoms with Crippen molar-refractivity contribution >= 4 is 21.8 Å². The summed E-state index contributed by atoms with van der Waals surface area (Å²) in [4.78, 5) is 4.81. The fourth-order valence-corrected chi connectivity index (χ4v) is 7.82. The van der Waals surface area contributed by atoms with Crippen molar-refractivity contribution in [1.82, 2.24) is 19.3 Å². The van der Waals surface area contributed by atoms with Crippen LogP contribution in [0.1, 0.15) is 29.2 Å². The summed E-state index contributed by atoms with van der Waals surface area (Å²) in [6, 6.07) is 53.1. The van der Waals surface area contributed by atoms with Crippen LogP contribution in [0.15, 0.2) is 158 Å². The molecule has 5 heteroatoms. The van der Waals surface area contributed by atoms with Gasteiger partial charge in [-0.05, 0) is 97.5 Å². The van der Waals surface area contributed by atoms with Crippen molar-refractivity contribution in [3.05, 3.63) is 180 Å². The molecule has 0 aliphatic heterocycles. The summed E-state index contributed by atoms with van der Waals surface area (Å²) < 4.78 is 11.1. The van der Waals surface area contributed by atoms with Gasteiger partial charge >= 0.3 is 0 Å². The average Bonchev–Trinajstić information content (AvgIpc) is 3.75. The lowest BCUT2D eigenvalue weighted by Crippen LogP contribution is -2.01. The predicted molar refractivity (Wildman–Crippen MR) is 222 cm³/mol. The first-order chi connectivity index (χ1) is 26.5. The summed E-state index contributed by atoms with van der Waals surface area (Å²) >= 11 is 0. The molecular formula is C49H40N4O. The fourth-order valence-electron chi connectivity index (χ4n) is 7.82. The summed E-state index contributed by atoms with van der Waals surface area (Å²) in [5, 5.41) is 7.79. The number of nitrogens with zero attached hydrogens (tertiary/aromatic N) is 4. The smallest absolute Gasteiger partial charge is 0.137 e. The zero-order valence-electron chi connectivity index (χ0n) is 30.9. The van der Waals surface area contributed by atoms with Gasteiger partial charge in [0, 0.05) is 45.8 Å². The van der Waals surface area contributed by atoms with Gasteiger partial charge in [-0.15, -0.1) is 0 Å². The van der Waals surface area contributed by atoms with E-state index in [-0.39, 0.29) is 0 Å². The minimum Gasteiger partial charge on any atom is -0.457 e. The molecule has 0 amide bonds. The Balaban J connectivity index is 1.22. The molecule has 9 aromatic rings. The van der Waals surface area contributed by atoms with E-state index in [2.05, 4.69) is 189 Å². The molecule has 0 aliphatic carbocycles. The monoisotopic (exact) mass is 700 g/mol. The summed E-state index contributed by atoms with van der Waals surface area (Å²) in [5.74, 6) is 2.39. The van der Waals surface area contributed by atoms with Gasteiger partial charge in [0.15, 0.2) is 0 Å². The minimum atomic E-state index is 0.738. The van der Waals surface area contributed by atoms with Crippen molar-refractivity contribution in [3.63, 3.8) is 0 Å². The topological polar surface area (TPSA) is 44.9 Å². The molecule has 0 aliphatic rings. The van der Waals surface area contributed by atoms with E-state index in [1.54, 1.807) is 0 Å². The Morgan fingerprint density at radius 2 is 1.28 bits per heavy atom. The zero-order valence-corrected chi connectivity index (χ0v) is 30.9. The number of ether oxygens (including phenoxy) is 1. The predicted octanol–water partition coefficient (Wildman–Crippen LogP) is 12.6. The molecule has 6 aromatic carbocycles. The van der Waals surface area contributed by atoms with Crippen LogP contribution in [-0.4, -0.2) is 19.3 Å². The SMILES string of the molecule is CCc1ccnc(-n2c3ccccc3c3ccc(Oc4cc(C)cc(-n5nc(-c6ccccc6)c(-c6c(C)cccc6C)c5-c5ccccc5)c4)cc32)c1. The van der Waals surface area contributed by atoms with Crippen molar-refractivity contribution in [2.24, 2.45) is 0 Å². The van der Waals surface area contributed by atoms with E-state index in [4.69, 9.17) is 14.8 Å². The maximum atomic E-state index is 6.78.